The first-order valence-corrected chi connectivity index (χ1v) is 13.2. The Hall–Kier alpha value is -4.02. The molecule has 1 aliphatic carbocycles. The van der Waals surface area contributed by atoms with Crippen LogP contribution < -0.4 is 4.74 Å². The highest BCUT2D eigenvalue weighted by Gasteiger charge is 2.62. The molecule has 0 saturated heterocycles. The van der Waals surface area contributed by atoms with E-state index in [2.05, 4.69) is 6.07 Å². The standard InChI is InChI=1S/C31H29NO5S/c1-4-35-29(33)27(38-24-16-9-6-10-17-24)19-25-28(31(25,2)3)30(34)37-26(20-32)21-12-11-15-23(18-21)36-22-13-7-5-8-14-22/h5-19,25-26,28H,4H2,1-3H3/t25-,26+,28-/m0/s1. The largest absolute Gasteiger partial charge is 0.462 e. The second-order valence-electron chi connectivity index (χ2n) is 9.42. The first-order valence-electron chi connectivity index (χ1n) is 12.4. The molecule has 0 aromatic heterocycles. The second kappa shape index (κ2) is 12.0. The van der Waals surface area contributed by atoms with Crippen LogP contribution in [0, 0.1) is 28.6 Å². The van der Waals surface area contributed by atoms with Gasteiger partial charge in [-0.2, -0.15) is 5.26 Å². The number of carbonyl (C=O) groups is 2. The topological polar surface area (TPSA) is 85.6 Å². The summed E-state index contributed by atoms with van der Waals surface area (Å²) in [6, 6.07) is 27.8. The minimum absolute atomic E-state index is 0.238. The predicted molar refractivity (Wildman–Crippen MR) is 145 cm³/mol. The van der Waals surface area contributed by atoms with Crippen LogP contribution >= 0.6 is 11.8 Å². The molecule has 3 aromatic rings. The lowest BCUT2D eigenvalue weighted by Gasteiger charge is -2.13. The van der Waals surface area contributed by atoms with Gasteiger partial charge in [0.15, 0.2) is 0 Å². The highest BCUT2D eigenvalue weighted by molar-refractivity contribution is 8.04. The summed E-state index contributed by atoms with van der Waals surface area (Å²) < 4.78 is 16.8. The number of esters is 2. The molecule has 3 atom stereocenters. The number of ether oxygens (including phenoxy) is 3. The SMILES string of the molecule is CCOC(=O)C(=C[C@H]1[C@@H](C(=O)O[C@H](C#N)c2cccc(Oc3ccccc3)c2)C1(C)C)Sc1ccccc1. The average molecular weight is 528 g/mol. The summed E-state index contributed by atoms with van der Waals surface area (Å²) in [5, 5.41) is 9.80. The van der Waals surface area contributed by atoms with Gasteiger partial charge in [0, 0.05) is 10.5 Å². The molecule has 1 fully saturated rings. The van der Waals surface area contributed by atoms with E-state index in [0.717, 1.165) is 4.90 Å². The molecule has 0 aliphatic heterocycles. The molecular formula is C31H29NO5S. The van der Waals surface area contributed by atoms with E-state index in [9.17, 15) is 14.9 Å². The molecular weight excluding hydrogens is 498 g/mol. The lowest BCUT2D eigenvalue weighted by Crippen LogP contribution is -2.14. The summed E-state index contributed by atoms with van der Waals surface area (Å²) in [5.74, 6) is -0.447. The van der Waals surface area contributed by atoms with E-state index in [0.29, 0.717) is 22.0 Å². The van der Waals surface area contributed by atoms with Crippen LogP contribution in [0.1, 0.15) is 32.4 Å². The van der Waals surface area contributed by atoms with Gasteiger partial charge in [-0.15, -0.1) is 0 Å². The molecule has 0 heterocycles. The van der Waals surface area contributed by atoms with Gasteiger partial charge in [-0.05, 0) is 54.7 Å². The minimum atomic E-state index is -1.09. The van der Waals surface area contributed by atoms with Gasteiger partial charge >= 0.3 is 11.9 Å². The van der Waals surface area contributed by atoms with Gasteiger partial charge in [-0.3, -0.25) is 4.79 Å². The van der Waals surface area contributed by atoms with E-state index in [-0.39, 0.29) is 12.5 Å². The molecule has 3 aromatic carbocycles. The van der Waals surface area contributed by atoms with E-state index in [1.807, 2.05) is 74.5 Å². The number of nitriles is 1. The van der Waals surface area contributed by atoms with Crippen molar-refractivity contribution in [2.45, 2.75) is 31.8 Å². The number of thioether (sulfide) groups is 1. The Balaban J connectivity index is 1.49. The van der Waals surface area contributed by atoms with Crippen molar-refractivity contribution in [3.8, 4) is 17.6 Å². The number of allylic oxidation sites excluding steroid dienone is 1. The third kappa shape index (κ3) is 6.45. The predicted octanol–water partition coefficient (Wildman–Crippen LogP) is 7.10. The number of rotatable bonds is 10. The zero-order valence-electron chi connectivity index (χ0n) is 21.5. The van der Waals surface area contributed by atoms with E-state index in [4.69, 9.17) is 14.2 Å². The van der Waals surface area contributed by atoms with Crippen molar-refractivity contribution in [2.24, 2.45) is 17.3 Å². The van der Waals surface area contributed by atoms with Gasteiger partial charge in [0.2, 0.25) is 6.10 Å². The molecule has 0 spiro atoms. The zero-order chi connectivity index (χ0) is 27.1. The van der Waals surface area contributed by atoms with E-state index in [1.54, 1.807) is 37.3 Å². The average Bonchev–Trinajstić information content (AvgIpc) is 3.47. The molecule has 1 saturated carbocycles. The summed E-state index contributed by atoms with van der Waals surface area (Å²) in [5.41, 5.74) is 0.0799. The Morgan fingerprint density at radius 2 is 1.66 bits per heavy atom. The van der Waals surface area contributed by atoms with E-state index in [1.165, 1.54) is 11.8 Å². The van der Waals surface area contributed by atoms with Crippen molar-refractivity contribution in [3.63, 3.8) is 0 Å². The third-order valence-electron chi connectivity index (χ3n) is 6.43. The Kier molecular flexibility index (Phi) is 8.55. The van der Waals surface area contributed by atoms with E-state index >= 15 is 0 Å². The van der Waals surface area contributed by atoms with Crippen LogP contribution in [0.4, 0.5) is 0 Å². The third-order valence-corrected chi connectivity index (χ3v) is 7.46. The van der Waals surface area contributed by atoms with Crippen LogP contribution in [-0.4, -0.2) is 18.5 Å². The lowest BCUT2D eigenvalue weighted by molar-refractivity contribution is -0.149. The fourth-order valence-electron chi connectivity index (χ4n) is 4.29. The monoisotopic (exact) mass is 527 g/mol. The summed E-state index contributed by atoms with van der Waals surface area (Å²) in [7, 11) is 0. The molecule has 0 radical (unpaired) electrons. The molecule has 194 valence electrons. The van der Waals surface area contributed by atoms with Crippen LogP contribution in [0.5, 0.6) is 11.5 Å². The van der Waals surface area contributed by atoms with Crippen LogP contribution in [0.25, 0.3) is 0 Å². The van der Waals surface area contributed by atoms with Gasteiger partial charge < -0.3 is 14.2 Å². The Bertz CT molecular complexity index is 1350. The summed E-state index contributed by atoms with van der Waals surface area (Å²) >= 11 is 1.31. The van der Waals surface area contributed by atoms with Crippen LogP contribution in [-0.2, 0) is 19.1 Å². The number of hydrogen-bond acceptors (Lipinski definition) is 7. The quantitative estimate of drug-likeness (QED) is 0.158. The highest BCUT2D eigenvalue weighted by Crippen LogP contribution is 2.60. The highest BCUT2D eigenvalue weighted by atomic mass is 32.2. The molecule has 7 heteroatoms. The van der Waals surface area contributed by atoms with Crippen LogP contribution in [0.3, 0.4) is 0 Å². The first kappa shape index (κ1) is 27.0. The van der Waals surface area contributed by atoms with Gasteiger partial charge in [0.1, 0.15) is 17.6 Å². The smallest absolute Gasteiger partial charge is 0.344 e. The lowest BCUT2D eigenvalue weighted by atomic mass is 10.1. The molecule has 38 heavy (non-hydrogen) atoms. The molecule has 6 nitrogen and oxygen atoms in total. The number of hydrogen-bond donors (Lipinski definition) is 0. The van der Waals surface area contributed by atoms with Crippen LogP contribution in [0.15, 0.2) is 101 Å². The van der Waals surface area contributed by atoms with E-state index < -0.39 is 29.4 Å². The second-order valence-corrected chi connectivity index (χ2v) is 10.5. The molecule has 0 amide bonds. The van der Waals surface area contributed by atoms with Crippen molar-refractivity contribution in [1.82, 2.24) is 0 Å². The Morgan fingerprint density at radius 1 is 1.00 bits per heavy atom. The maximum atomic E-state index is 13.2. The molecule has 1 aliphatic rings. The fraction of sp³-hybridized carbons (Fsp3) is 0.258. The minimum Gasteiger partial charge on any atom is -0.462 e. The summed E-state index contributed by atoms with van der Waals surface area (Å²) in [6.45, 7) is 5.91. The van der Waals surface area contributed by atoms with Crippen molar-refractivity contribution >= 4 is 23.7 Å². The number of para-hydroxylation sites is 1. The molecule has 0 unspecified atom stereocenters. The molecule has 0 bridgehead atoms. The summed E-state index contributed by atoms with van der Waals surface area (Å²) in [6.07, 6.45) is 0.711. The number of carbonyl (C=O) groups excluding carboxylic acids is 2. The maximum absolute atomic E-state index is 13.2. The molecule has 4 rings (SSSR count). The van der Waals surface area contributed by atoms with Crippen molar-refractivity contribution in [1.29, 1.82) is 5.26 Å². The van der Waals surface area contributed by atoms with Gasteiger partial charge in [-0.25, -0.2) is 4.79 Å². The number of benzene rings is 3. The Labute approximate surface area is 227 Å². The van der Waals surface area contributed by atoms with Crippen molar-refractivity contribution in [2.75, 3.05) is 6.61 Å². The van der Waals surface area contributed by atoms with Gasteiger partial charge in [-0.1, -0.05) is 80.2 Å². The maximum Gasteiger partial charge on any atom is 0.344 e. The van der Waals surface area contributed by atoms with Gasteiger partial charge in [0.05, 0.1) is 17.4 Å². The Morgan fingerprint density at radius 3 is 2.32 bits per heavy atom. The van der Waals surface area contributed by atoms with Crippen molar-refractivity contribution < 1.29 is 23.8 Å². The molecule has 0 N–H and O–H groups in total. The summed E-state index contributed by atoms with van der Waals surface area (Å²) in [4.78, 5) is 27.2. The van der Waals surface area contributed by atoms with Crippen LogP contribution in [0.2, 0.25) is 0 Å². The van der Waals surface area contributed by atoms with Crippen molar-refractivity contribution in [3.05, 3.63) is 101 Å². The zero-order valence-corrected chi connectivity index (χ0v) is 22.3. The van der Waals surface area contributed by atoms with Gasteiger partial charge in [0.25, 0.3) is 0 Å². The number of nitrogens with zero attached hydrogens (tertiary/aromatic N) is 1. The normalized spacial score (nSPS) is 18.5. The fourth-order valence-corrected chi connectivity index (χ4v) is 5.19. The first-order chi connectivity index (χ1) is 18.3.